The Hall–Kier alpha value is -5.40. The number of nitriles is 1. The molecular formula is C44H36N4. The highest BCUT2D eigenvalue weighted by molar-refractivity contribution is 5.72. The van der Waals surface area contributed by atoms with E-state index >= 15 is 0 Å². The Kier molecular flexibility index (Phi) is 7.01. The summed E-state index contributed by atoms with van der Waals surface area (Å²) in [6, 6.07) is 46.6. The maximum atomic E-state index is 10.2. The third-order valence-electron chi connectivity index (χ3n) is 11.1. The van der Waals surface area contributed by atoms with Crippen LogP contribution in [0.15, 0.2) is 127 Å². The summed E-state index contributed by atoms with van der Waals surface area (Å²) in [5.74, 6) is 4.31. The van der Waals surface area contributed by atoms with E-state index in [1.165, 1.54) is 55.2 Å². The topological polar surface area (TPSA) is 62.5 Å². The van der Waals surface area contributed by atoms with Crippen LogP contribution in [0.25, 0.3) is 56.4 Å². The summed E-state index contributed by atoms with van der Waals surface area (Å²) >= 11 is 0. The second kappa shape index (κ2) is 11.7. The van der Waals surface area contributed by atoms with Gasteiger partial charge in [0, 0.05) is 16.7 Å². The molecule has 0 N–H and O–H groups in total. The van der Waals surface area contributed by atoms with Gasteiger partial charge in [0.2, 0.25) is 0 Å². The van der Waals surface area contributed by atoms with E-state index in [1.54, 1.807) is 0 Å². The number of nitrogens with zero attached hydrogens (tertiary/aromatic N) is 4. The van der Waals surface area contributed by atoms with Crippen LogP contribution in [0.4, 0.5) is 0 Å². The fraction of sp³-hybridized carbons (Fsp3) is 0.227. The van der Waals surface area contributed by atoms with Gasteiger partial charge in [0.25, 0.3) is 0 Å². The van der Waals surface area contributed by atoms with Crippen LogP contribution in [-0.2, 0) is 5.41 Å². The van der Waals surface area contributed by atoms with Crippen molar-refractivity contribution in [2.24, 2.45) is 17.8 Å². The first-order valence-corrected chi connectivity index (χ1v) is 17.2. The molecule has 0 aliphatic heterocycles. The van der Waals surface area contributed by atoms with Crippen molar-refractivity contribution in [1.82, 2.24) is 15.0 Å². The van der Waals surface area contributed by atoms with Crippen molar-refractivity contribution in [3.63, 3.8) is 0 Å². The van der Waals surface area contributed by atoms with Crippen molar-refractivity contribution >= 4 is 0 Å². The summed E-state index contributed by atoms with van der Waals surface area (Å²) in [7, 11) is 0. The lowest BCUT2D eigenvalue weighted by atomic mass is 9.48. The Balaban J connectivity index is 1.15. The van der Waals surface area contributed by atoms with Gasteiger partial charge in [-0.25, -0.2) is 15.0 Å². The second-order valence-electron chi connectivity index (χ2n) is 14.3. The first kappa shape index (κ1) is 28.8. The molecule has 0 unspecified atom stereocenters. The smallest absolute Gasteiger partial charge is 0.164 e. The highest BCUT2D eigenvalue weighted by Crippen LogP contribution is 2.61. The number of hydrogen-bond acceptors (Lipinski definition) is 4. The number of rotatable bonds is 6. The first-order chi connectivity index (χ1) is 23.6. The van der Waals surface area contributed by atoms with Gasteiger partial charge in [-0.05, 0) is 108 Å². The van der Waals surface area contributed by atoms with Gasteiger partial charge in [0.1, 0.15) is 0 Å². The summed E-state index contributed by atoms with van der Waals surface area (Å²) in [5, 5.41) is 10.2. The quantitative estimate of drug-likeness (QED) is 0.186. The maximum absolute atomic E-state index is 10.2. The van der Waals surface area contributed by atoms with Crippen LogP contribution in [0.1, 0.15) is 49.7 Å². The molecular weight excluding hydrogens is 585 g/mol. The standard InChI is InChI=1S/C44H36N4/c45-28-32-22-39(24-40(23-32)44-25-29-19-30(26-44)21-31(20-29)27-44)43-47-41(37-15-11-35(12-16-37)33-7-3-1-4-8-33)46-42(48-43)38-17-13-36(14-18-38)34-9-5-2-6-10-34/h1-18,22-24,29-31H,19-21,25-27H2. The molecule has 4 fully saturated rings. The van der Waals surface area contributed by atoms with Crippen molar-refractivity contribution in [3.05, 3.63) is 139 Å². The fourth-order valence-electron chi connectivity index (χ4n) is 9.24. The number of hydrogen-bond donors (Lipinski definition) is 0. The Bertz CT molecular complexity index is 2010. The number of aromatic nitrogens is 3. The van der Waals surface area contributed by atoms with Crippen molar-refractivity contribution < 1.29 is 0 Å². The average Bonchev–Trinajstić information content (AvgIpc) is 3.15. The van der Waals surface area contributed by atoms with Crippen molar-refractivity contribution in [1.29, 1.82) is 5.26 Å². The molecule has 0 atom stereocenters. The number of benzene rings is 5. The molecule has 1 heterocycles. The van der Waals surface area contributed by atoms with Gasteiger partial charge in [0.15, 0.2) is 17.5 Å². The summed E-state index contributed by atoms with van der Waals surface area (Å²) in [4.78, 5) is 15.2. The van der Waals surface area contributed by atoms with Crippen LogP contribution >= 0.6 is 0 Å². The van der Waals surface area contributed by atoms with E-state index in [2.05, 4.69) is 115 Å². The molecule has 10 rings (SSSR count). The van der Waals surface area contributed by atoms with Gasteiger partial charge < -0.3 is 0 Å². The van der Waals surface area contributed by atoms with E-state index in [1.807, 2.05) is 18.2 Å². The molecule has 0 spiro atoms. The largest absolute Gasteiger partial charge is 0.208 e. The normalized spacial score (nSPS) is 22.4. The molecule has 5 aromatic carbocycles. The fourth-order valence-corrected chi connectivity index (χ4v) is 9.24. The lowest BCUT2D eigenvalue weighted by Crippen LogP contribution is -2.48. The SMILES string of the molecule is N#Cc1cc(-c2nc(-c3ccc(-c4ccccc4)cc3)nc(-c3ccc(-c4ccccc4)cc3)n2)cc(C23CC4CC(CC(C4)C2)C3)c1. The van der Waals surface area contributed by atoms with E-state index in [0.29, 0.717) is 23.0 Å². The highest BCUT2D eigenvalue weighted by atomic mass is 15.0. The third-order valence-corrected chi connectivity index (χ3v) is 11.1. The Morgan fingerprint density at radius 3 is 1.29 bits per heavy atom. The minimum atomic E-state index is 0.162. The minimum absolute atomic E-state index is 0.162. The van der Waals surface area contributed by atoms with E-state index in [4.69, 9.17) is 15.0 Å². The Labute approximate surface area is 282 Å². The van der Waals surface area contributed by atoms with Crippen molar-refractivity contribution in [2.75, 3.05) is 0 Å². The molecule has 0 radical (unpaired) electrons. The van der Waals surface area contributed by atoms with Gasteiger partial charge >= 0.3 is 0 Å². The molecule has 4 bridgehead atoms. The summed E-state index contributed by atoms with van der Waals surface area (Å²) in [5.41, 5.74) is 9.54. The maximum Gasteiger partial charge on any atom is 0.164 e. The van der Waals surface area contributed by atoms with Gasteiger partial charge in [-0.1, -0.05) is 109 Å². The Morgan fingerprint density at radius 2 is 0.854 bits per heavy atom. The molecule has 232 valence electrons. The predicted molar refractivity (Wildman–Crippen MR) is 192 cm³/mol. The molecule has 4 aliphatic carbocycles. The molecule has 6 aromatic rings. The van der Waals surface area contributed by atoms with Crippen LogP contribution in [0.2, 0.25) is 0 Å². The van der Waals surface area contributed by atoms with Gasteiger partial charge in [-0.3, -0.25) is 0 Å². The molecule has 0 amide bonds. The monoisotopic (exact) mass is 620 g/mol. The van der Waals surface area contributed by atoms with E-state index in [0.717, 1.165) is 45.6 Å². The molecule has 0 saturated heterocycles. The molecule has 4 nitrogen and oxygen atoms in total. The molecule has 1 aromatic heterocycles. The van der Waals surface area contributed by atoms with Gasteiger partial charge in [0.05, 0.1) is 11.6 Å². The van der Waals surface area contributed by atoms with Crippen LogP contribution in [0.3, 0.4) is 0 Å². The van der Waals surface area contributed by atoms with Crippen LogP contribution in [0.5, 0.6) is 0 Å². The van der Waals surface area contributed by atoms with Crippen LogP contribution in [0, 0.1) is 29.1 Å². The third kappa shape index (κ3) is 5.30. The zero-order valence-corrected chi connectivity index (χ0v) is 26.9. The van der Waals surface area contributed by atoms with Crippen molar-refractivity contribution in [3.8, 4) is 62.5 Å². The minimum Gasteiger partial charge on any atom is -0.208 e. The highest BCUT2D eigenvalue weighted by Gasteiger charge is 2.51. The second-order valence-corrected chi connectivity index (χ2v) is 14.3. The lowest BCUT2D eigenvalue weighted by molar-refractivity contribution is -0.00518. The molecule has 4 heteroatoms. The summed E-state index contributed by atoms with van der Waals surface area (Å²) in [6.45, 7) is 0. The molecule has 4 aliphatic rings. The van der Waals surface area contributed by atoms with E-state index < -0.39 is 0 Å². The van der Waals surface area contributed by atoms with E-state index in [-0.39, 0.29) is 5.41 Å². The first-order valence-electron chi connectivity index (χ1n) is 17.2. The average molecular weight is 621 g/mol. The van der Waals surface area contributed by atoms with Gasteiger partial charge in [-0.2, -0.15) is 5.26 Å². The summed E-state index contributed by atoms with van der Waals surface area (Å²) in [6.07, 6.45) is 7.87. The van der Waals surface area contributed by atoms with Crippen molar-refractivity contribution in [2.45, 2.75) is 43.9 Å². The predicted octanol–water partition coefficient (Wildman–Crippen LogP) is 10.5. The molecule has 4 saturated carbocycles. The lowest BCUT2D eigenvalue weighted by Gasteiger charge is -2.57. The molecule has 48 heavy (non-hydrogen) atoms. The van der Waals surface area contributed by atoms with Gasteiger partial charge in [-0.15, -0.1) is 0 Å². The van der Waals surface area contributed by atoms with Crippen LogP contribution in [-0.4, -0.2) is 15.0 Å². The zero-order valence-electron chi connectivity index (χ0n) is 26.9. The zero-order chi connectivity index (χ0) is 32.1. The summed E-state index contributed by atoms with van der Waals surface area (Å²) < 4.78 is 0. The van der Waals surface area contributed by atoms with Crippen LogP contribution < -0.4 is 0 Å². The van der Waals surface area contributed by atoms with E-state index in [9.17, 15) is 5.26 Å². The Morgan fingerprint density at radius 1 is 0.458 bits per heavy atom.